The maximum absolute atomic E-state index is 15.5. The smallest absolute Gasteiger partial charge is 0.417 e. The second-order valence-electron chi connectivity index (χ2n) is 15.6. The molecule has 11 nitrogen and oxygen atoms in total. The molecule has 10 rings (SSSR count). The number of pyridine rings is 1. The zero-order valence-corrected chi connectivity index (χ0v) is 33.3. The standard InChI is InChI=1S/C45H29Cl2F4N5O6/c46-24-12-10-22(11-13-24)44-30(41(59)56(43(44)61)54-38-31(47)18-23(20-52-38)45(49,50)51)19-29-26(36(44)28-4-3-5-32(48)37(28)57)16-17-27-35(29)42(60)55(40(27)58)25-14-8-21(9-15-25)39-53-33-6-1-2-7-34(33)62-39/h1-16,18,20,27,29-30,35-36,57H,17,19H2,(H,52,54). The first-order valence-corrected chi connectivity index (χ1v) is 20.1. The average Bonchev–Trinajstić information content (AvgIpc) is 3.87. The van der Waals surface area contributed by atoms with Crippen LogP contribution in [0.15, 0.2) is 119 Å². The number of amides is 4. The van der Waals surface area contributed by atoms with Gasteiger partial charge in [0.15, 0.2) is 23.0 Å². The maximum atomic E-state index is 15.5. The summed E-state index contributed by atoms with van der Waals surface area (Å²) >= 11 is 12.6. The van der Waals surface area contributed by atoms with Gasteiger partial charge in [0.1, 0.15) is 5.52 Å². The highest BCUT2D eigenvalue weighted by molar-refractivity contribution is 6.33. The Morgan fingerprint density at radius 2 is 1.61 bits per heavy atom. The summed E-state index contributed by atoms with van der Waals surface area (Å²) in [5, 5.41) is 11.8. The fraction of sp³-hybridized carbons (Fsp3) is 0.200. The number of hydrogen-bond acceptors (Lipinski definition) is 9. The summed E-state index contributed by atoms with van der Waals surface area (Å²) in [7, 11) is 0. The van der Waals surface area contributed by atoms with Crippen LogP contribution in [0.5, 0.6) is 5.75 Å². The summed E-state index contributed by atoms with van der Waals surface area (Å²) in [4.78, 5) is 68.7. The minimum absolute atomic E-state index is 0.0295. The van der Waals surface area contributed by atoms with Crippen molar-refractivity contribution >= 4 is 69.4 Å². The van der Waals surface area contributed by atoms with Crippen LogP contribution in [0.3, 0.4) is 0 Å². The van der Waals surface area contributed by atoms with Crippen LogP contribution in [0.4, 0.5) is 29.1 Å². The lowest BCUT2D eigenvalue weighted by Gasteiger charge is -2.50. The molecule has 0 spiro atoms. The quantitative estimate of drug-likeness (QED) is 0.0950. The van der Waals surface area contributed by atoms with Crippen LogP contribution >= 0.6 is 23.2 Å². The Labute approximate surface area is 358 Å². The number of rotatable bonds is 6. The van der Waals surface area contributed by atoms with Crippen LogP contribution in [0, 0.1) is 29.5 Å². The highest BCUT2D eigenvalue weighted by Crippen LogP contribution is 2.65. The molecular weight excluding hydrogens is 853 g/mol. The Morgan fingerprint density at radius 3 is 2.32 bits per heavy atom. The van der Waals surface area contributed by atoms with Gasteiger partial charge in [0, 0.05) is 28.3 Å². The van der Waals surface area contributed by atoms with E-state index in [1.807, 2.05) is 18.2 Å². The summed E-state index contributed by atoms with van der Waals surface area (Å²) < 4.78 is 62.0. The number of aromatic hydroxyl groups is 1. The van der Waals surface area contributed by atoms with E-state index in [1.54, 1.807) is 36.4 Å². The molecule has 2 aliphatic heterocycles. The van der Waals surface area contributed by atoms with Crippen LogP contribution in [0.1, 0.15) is 35.4 Å². The van der Waals surface area contributed by atoms with E-state index >= 15 is 9.18 Å². The van der Waals surface area contributed by atoms with Crippen molar-refractivity contribution in [1.29, 1.82) is 0 Å². The molecule has 4 aromatic carbocycles. The zero-order chi connectivity index (χ0) is 43.4. The van der Waals surface area contributed by atoms with Gasteiger partial charge in [-0.3, -0.25) is 29.5 Å². The van der Waals surface area contributed by atoms with Gasteiger partial charge in [-0.2, -0.15) is 18.2 Å². The summed E-state index contributed by atoms with van der Waals surface area (Å²) in [6.45, 7) is 0. The zero-order valence-electron chi connectivity index (χ0n) is 31.7. The molecule has 0 bridgehead atoms. The number of nitrogens with zero attached hydrogens (tertiary/aromatic N) is 4. The Hall–Kier alpha value is -6.58. The van der Waals surface area contributed by atoms with Crippen LogP contribution < -0.4 is 10.3 Å². The molecule has 2 saturated heterocycles. The number of fused-ring (bicyclic) bond motifs is 5. The van der Waals surface area contributed by atoms with Crippen molar-refractivity contribution in [2.24, 2.45) is 23.7 Å². The topological polar surface area (TPSA) is 146 Å². The largest absolute Gasteiger partial charge is 0.505 e. The van der Waals surface area contributed by atoms with E-state index in [0.29, 0.717) is 45.4 Å². The number of alkyl halides is 3. The molecule has 4 amide bonds. The first kappa shape index (κ1) is 39.5. The lowest BCUT2D eigenvalue weighted by atomic mass is 9.49. The van der Waals surface area contributed by atoms with Gasteiger partial charge in [0.05, 0.1) is 39.4 Å². The molecule has 2 aliphatic carbocycles. The predicted molar refractivity (Wildman–Crippen MR) is 217 cm³/mol. The lowest BCUT2D eigenvalue weighted by Crippen LogP contribution is -2.53. The fourth-order valence-electron chi connectivity index (χ4n) is 9.90. The molecule has 4 aliphatic rings. The molecule has 2 aromatic heterocycles. The molecule has 17 heteroatoms. The summed E-state index contributed by atoms with van der Waals surface area (Å²) in [6.07, 6.45) is -2.73. The molecule has 1 saturated carbocycles. The third-order valence-electron chi connectivity index (χ3n) is 12.6. The van der Waals surface area contributed by atoms with E-state index in [4.69, 9.17) is 27.6 Å². The molecule has 6 aromatic rings. The third kappa shape index (κ3) is 5.85. The van der Waals surface area contributed by atoms with E-state index in [1.165, 1.54) is 36.4 Å². The molecule has 4 heterocycles. The number of carbonyl (C=O) groups is 4. The van der Waals surface area contributed by atoms with E-state index in [2.05, 4.69) is 15.4 Å². The van der Waals surface area contributed by atoms with E-state index in [-0.39, 0.29) is 34.7 Å². The number of halogens is 6. The molecule has 0 radical (unpaired) electrons. The van der Waals surface area contributed by atoms with Gasteiger partial charge in [-0.15, -0.1) is 0 Å². The van der Waals surface area contributed by atoms with Gasteiger partial charge in [0.25, 0.3) is 11.8 Å². The summed E-state index contributed by atoms with van der Waals surface area (Å²) in [5.74, 6) is -10.3. The number of hydrogen-bond donors (Lipinski definition) is 2. The number of hydrazine groups is 1. The van der Waals surface area contributed by atoms with E-state index in [0.717, 1.165) is 11.0 Å². The van der Waals surface area contributed by atoms with Crippen LogP contribution in [0.25, 0.3) is 22.6 Å². The van der Waals surface area contributed by atoms with Crippen LogP contribution in [-0.4, -0.2) is 43.7 Å². The highest BCUT2D eigenvalue weighted by atomic mass is 35.5. The Kier molecular flexibility index (Phi) is 9.09. The van der Waals surface area contributed by atoms with Gasteiger partial charge in [-0.1, -0.05) is 71.2 Å². The number of carbonyl (C=O) groups excluding carboxylic acids is 4. The Bertz CT molecular complexity index is 2890. The molecule has 3 fully saturated rings. The minimum Gasteiger partial charge on any atom is -0.505 e. The lowest BCUT2D eigenvalue weighted by molar-refractivity contribution is -0.139. The van der Waals surface area contributed by atoms with Crippen molar-refractivity contribution in [3.05, 3.63) is 147 Å². The number of nitrogens with one attached hydrogen (secondary N) is 1. The van der Waals surface area contributed by atoms with Gasteiger partial charge < -0.3 is 9.52 Å². The number of allylic oxidation sites excluding steroid dienone is 2. The van der Waals surface area contributed by atoms with Crippen molar-refractivity contribution < 1.29 is 46.3 Å². The Balaban J connectivity index is 1.08. The predicted octanol–water partition coefficient (Wildman–Crippen LogP) is 9.25. The molecular formula is C45H29Cl2F4N5O6. The maximum Gasteiger partial charge on any atom is 0.417 e. The number of phenols is 1. The molecule has 312 valence electrons. The first-order valence-electron chi connectivity index (χ1n) is 19.3. The number of imide groups is 2. The first-order chi connectivity index (χ1) is 29.7. The van der Waals surface area contributed by atoms with Crippen molar-refractivity contribution in [3.63, 3.8) is 0 Å². The van der Waals surface area contributed by atoms with Gasteiger partial charge >= 0.3 is 6.18 Å². The van der Waals surface area contributed by atoms with Crippen molar-refractivity contribution in [3.8, 4) is 17.2 Å². The average molecular weight is 883 g/mol. The molecule has 6 atom stereocenters. The Morgan fingerprint density at radius 1 is 0.871 bits per heavy atom. The fourth-order valence-corrected chi connectivity index (χ4v) is 10.2. The third-order valence-corrected chi connectivity index (χ3v) is 13.1. The normalized spacial score (nSPS) is 24.6. The number of phenolic OH excluding ortho intramolecular Hbond substituents is 1. The minimum atomic E-state index is -4.80. The molecule has 6 unspecified atom stereocenters. The van der Waals surface area contributed by atoms with Gasteiger partial charge in [0.2, 0.25) is 17.7 Å². The van der Waals surface area contributed by atoms with Gasteiger partial charge in [-0.25, -0.2) is 14.4 Å². The summed E-state index contributed by atoms with van der Waals surface area (Å²) in [5.41, 5.74) is 2.11. The number of para-hydroxylation sites is 3. The van der Waals surface area contributed by atoms with Crippen molar-refractivity contribution in [1.82, 2.24) is 15.0 Å². The van der Waals surface area contributed by atoms with E-state index in [9.17, 15) is 32.7 Å². The highest BCUT2D eigenvalue weighted by Gasteiger charge is 2.71. The second-order valence-corrected chi connectivity index (χ2v) is 16.5. The van der Waals surface area contributed by atoms with Gasteiger partial charge in [-0.05, 0) is 85.0 Å². The van der Waals surface area contributed by atoms with Crippen molar-refractivity contribution in [2.45, 2.75) is 30.4 Å². The SMILES string of the molecule is O=C1C2CC3C(=CCC4C(=O)N(c5ccc(-c6nc7ccccc7o6)cc5)C(=O)C43)C(c3cccc(F)c3O)C2(c2ccc(Cl)cc2)C(=O)N1Nc1ncc(C(F)(F)F)cc1Cl. The van der Waals surface area contributed by atoms with Crippen LogP contribution in [0.2, 0.25) is 10.0 Å². The summed E-state index contributed by atoms with van der Waals surface area (Å²) in [6, 6.07) is 24.2. The van der Waals surface area contributed by atoms with Crippen molar-refractivity contribution in [2.75, 3.05) is 10.3 Å². The van der Waals surface area contributed by atoms with Crippen LogP contribution in [-0.2, 0) is 30.8 Å². The number of benzene rings is 4. The second kappa shape index (κ2) is 14.2. The molecule has 2 N–H and O–H groups in total. The monoisotopic (exact) mass is 881 g/mol. The molecule has 62 heavy (non-hydrogen) atoms. The number of anilines is 2. The van der Waals surface area contributed by atoms with E-state index < -0.39 is 92.8 Å². The number of aromatic nitrogens is 2. The number of oxazole rings is 1.